The zero-order chi connectivity index (χ0) is 21.8. The summed E-state index contributed by atoms with van der Waals surface area (Å²) in [5.41, 5.74) is 1.93. The van der Waals surface area contributed by atoms with Crippen molar-refractivity contribution in [2.45, 2.75) is 11.3 Å². The number of halogens is 1. The van der Waals surface area contributed by atoms with Gasteiger partial charge in [-0.15, -0.1) is 0 Å². The number of nitrogens with one attached hydrogen (secondary N) is 1. The molecule has 1 aromatic heterocycles. The standard InChI is InChI=1S/C23H19ClN2O4S/c1-29-20-13-12-17(15-19(20)24)22-23(26-31(27,28)18-10-6-3-7-11-18)30-21(25-22)14-16-8-4-2-5-9-16/h2-13,15,26H,14H2,1H3. The molecule has 0 bridgehead atoms. The Kier molecular flexibility index (Phi) is 5.97. The van der Waals surface area contributed by atoms with Gasteiger partial charge in [0.2, 0.25) is 11.8 Å². The van der Waals surface area contributed by atoms with Gasteiger partial charge in [0.15, 0.2) is 0 Å². The highest BCUT2D eigenvalue weighted by Crippen LogP contribution is 2.35. The molecule has 0 saturated carbocycles. The molecule has 0 atom stereocenters. The second-order valence-electron chi connectivity index (χ2n) is 6.72. The van der Waals surface area contributed by atoms with E-state index in [4.69, 9.17) is 20.8 Å². The van der Waals surface area contributed by atoms with Crippen LogP contribution in [0, 0.1) is 0 Å². The summed E-state index contributed by atoms with van der Waals surface area (Å²) in [6, 6.07) is 22.8. The number of sulfonamides is 1. The number of nitrogens with zero attached hydrogens (tertiary/aromatic N) is 1. The largest absolute Gasteiger partial charge is 0.495 e. The van der Waals surface area contributed by atoms with Crippen LogP contribution in [0.4, 0.5) is 5.88 Å². The minimum Gasteiger partial charge on any atom is -0.495 e. The number of hydrogen-bond donors (Lipinski definition) is 1. The molecule has 0 saturated heterocycles. The predicted molar refractivity (Wildman–Crippen MR) is 120 cm³/mol. The highest BCUT2D eigenvalue weighted by atomic mass is 35.5. The molecule has 0 aliphatic heterocycles. The second-order valence-corrected chi connectivity index (χ2v) is 8.81. The topological polar surface area (TPSA) is 81.4 Å². The van der Waals surface area contributed by atoms with Crippen molar-refractivity contribution in [2.75, 3.05) is 11.8 Å². The van der Waals surface area contributed by atoms with Gasteiger partial charge in [0.1, 0.15) is 11.4 Å². The molecule has 6 nitrogen and oxygen atoms in total. The van der Waals surface area contributed by atoms with Crippen molar-refractivity contribution >= 4 is 27.5 Å². The molecule has 0 aliphatic carbocycles. The molecule has 158 valence electrons. The summed E-state index contributed by atoms with van der Waals surface area (Å²) in [6.45, 7) is 0. The van der Waals surface area contributed by atoms with Crippen molar-refractivity contribution in [3.8, 4) is 17.0 Å². The lowest BCUT2D eigenvalue weighted by molar-refractivity contribution is 0.415. The molecule has 3 aromatic carbocycles. The minimum absolute atomic E-state index is 0.0241. The van der Waals surface area contributed by atoms with Gasteiger partial charge >= 0.3 is 0 Å². The zero-order valence-electron chi connectivity index (χ0n) is 16.6. The summed E-state index contributed by atoms with van der Waals surface area (Å²) in [5.74, 6) is 0.903. The van der Waals surface area contributed by atoms with Crippen LogP contribution >= 0.6 is 11.6 Å². The van der Waals surface area contributed by atoms with Gasteiger partial charge < -0.3 is 9.15 Å². The molecular formula is C23H19ClN2O4S. The third-order valence-electron chi connectivity index (χ3n) is 4.58. The van der Waals surface area contributed by atoms with E-state index in [1.165, 1.54) is 19.2 Å². The van der Waals surface area contributed by atoms with Crippen LogP contribution in [0.3, 0.4) is 0 Å². The van der Waals surface area contributed by atoms with Crippen LogP contribution < -0.4 is 9.46 Å². The minimum atomic E-state index is -3.87. The molecule has 8 heteroatoms. The first kappa shape index (κ1) is 21.0. The fourth-order valence-electron chi connectivity index (χ4n) is 3.07. The summed E-state index contributed by atoms with van der Waals surface area (Å²) in [4.78, 5) is 4.68. The third kappa shape index (κ3) is 4.73. The number of aromatic nitrogens is 1. The van der Waals surface area contributed by atoms with Gasteiger partial charge in [-0.25, -0.2) is 18.1 Å². The van der Waals surface area contributed by atoms with Gasteiger partial charge in [0.05, 0.1) is 17.0 Å². The Hall–Kier alpha value is -3.29. The number of anilines is 1. The van der Waals surface area contributed by atoms with Crippen molar-refractivity contribution in [1.82, 2.24) is 4.98 Å². The summed E-state index contributed by atoms with van der Waals surface area (Å²) in [6.07, 6.45) is 0.408. The lowest BCUT2D eigenvalue weighted by atomic mass is 10.1. The fraction of sp³-hybridized carbons (Fsp3) is 0.0870. The normalized spacial score (nSPS) is 11.3. The third-order valence-corrected chi connectivity index (χ3v) is 6.22. The van der Waals surface area contributed by atoms with Crippen LogP contribution in [-0.4, -0.2) is 20.5 Å². The highest BCUT2D eigenvalue weighted by molar-refractivity contribution is 7.92. The average Bonchev–Trinajstić information content (AvgIpc) is 3.16. The summed E-state index contributed by atoms with van der Waals surface area (Å²) < 4.78 is 39.3. The van der Waals surface area contributed by atoms with E-state index < -0.39 is 10.0 Å². The van der Waals surface area contributed by atoms with Gasteiger partial charge in [0.25, 0.3) is 10.0 Å². The Balaban J connectivity index is 1.76. The van der Waals surface area contributed by atoms with Crippen molar-refractivity contribution in [1.29, 1.82) is 0 Å². The van der Waals surface area contributed by atoms with Crippen molar-refractivity contribution in [3.05, 3.63) is 95.3 Å². The van der Waals surface area contributed by atoms with Gasteiger partial charge in [0, 0.05) is 12.0 Å². The summed E-state index contributed by atoms with van der Waals surface area (Å²) in [5, 5.41) is 0.379. The van der Waals surface area contributed by atoms with Gasteiger partial charge in [-0.2, -0.15) is 0 Å². The molecule has 31 heavy (non-hydrogen) atoms. The van der Waals surface area contributed by atoms with Crippen LogP contribution in [0.25, 0.3) is 11.3 Å². The summed E-state index contributed by atoms with van der Waals surface area (Å²) >= 11 is 6.28. The van der Waals surface area contributed by atoms with E-state index in [0.717, 1.165) is 5.56 Å². The predicted octanol–water partition coefficient (Wildman–Crippen LogP) is 5.40. The quantitative estimate of drug-likeness (QED) is 0.404. The van der Waals surface area contributed by atoms with Gasteiger partial charge in [-0.3, -0.25) is 0 Å². The van der Waals surface area contributed by atoms with E-state index in [1.54, 1.807) is 36.4 Å². The number of methoxy groups -OCH3 is 1. The van der Waals surface area contributed by atoms with Crippen LogP contribution in [0.1, 0.15) is 11.5 Å². The Morgan fingerprint density at radius 2 is 1.68 bits per heavy atom. The van der Waals surface area contributed by atoms with Crippen molar-refractivity contribution in [2.24, 2.45) is 0 Å². The molecule has 1 heterocycles. The Morgan fingerprint density at radius 3 is 2.32 bits per heavy atom. The fourth-order valence-corrected chi connectivity index (χ4v) is 4.34. The Bertz CT molecular complexity index is 1290. The SMILES string of the molecule is COc1ccc(-c2nc(Cc3ccccc3)oc2NS(=O)(=O)c2ccccc2)cc1Cl. The van der Waals surface area contributed by atoms with E-state index in [9.17, 15) is 8.42 Å². The summed E-state index contributed by atoms with van der Waals surface area (Å²) in [7, 11) is -2.35. The second kappa shape index (κ2) is 8.83. The lowest BCUT2D eigenvalue weighted by Gasteiger charge is -2.08. The van der Waals surface area contributed by atoms with E-state index in [1.807, 2.05) is 30.3 Å². The average molecular weight is 455 g/mol. The molecule has 1 N–H and O–H groups in total. The molecule has 0 aliphatic rings. The number of benzene rings is 3. The number of hydrogen-bond acceptors (Lipinski definition) is 5. The Labute approximate surface area is 185 Å². The molecule has 4 aromatic rings. The van der Waals surface area contributed by atoms with Crippen LogP contribution in [-0.2, 0) is 16.4 Å². The first-order valence-electron chi connectivity index (χ1n) is 9.41. The first-order chi connectivity index (χ1) is 15.0. The van der Waals surface area contributed by atoms with E-state index in [2.05, 4.69) is 9.71 Å². The van der Waals surface area contributed by atoms with Crippen LogP contribution in [0.2, 0.25) is 5.02 Å². The van der Waals surface area contributed by atoms with Gasteiger partial charge in [-0.05, 0) is 35.9 Å². The van der Waals surface area contributed by atoms with Crippen LogP contribution in [0.15, 0.2) is 88.2 Å². The van der Waals surface area contributed by atoms with Crippen molar-refractivity contribution < 1.29 is 17.6 Å². The molecule has 4 rings (SSSR count). The highest BCUT2D eigenvalue weighted by Gasteiger charge is 2.22. The van der Waals surface area contributed by atoms with E-state index in [-0.39, 0.29) is 10.8 Å². The molecule has 0 spiro atoms. The van der Waals surface area contributed by atoms with Crippen LogP contribution in [0.5, 0.6) is 5.75 Å². The zero-order valence-corrected chi connectivity index (χ0v) is 18.2. The smallest absolute Gasteiger partial charge is 0.264 e. The number of oxazole rings is 1. The monoisotopic (exact) mass is 454 g/mol. The maximum Gasteiger partial charge on any atom is 0.264 e. The van der Waals surface area contributed by atoms with E-state index >= 15 is 0 Å². The molecule has 0 unspecified atom stereocenters. The molecule has 0 radical (unpaired) electrons. The molecule has 0 fully saturated rings. The van der Waals surface area contributed by atoms with E-state index in [0.29, 0.717) is 34.3 Å². The first-order valence-corrected chi connectivity index (χ1v) is 11.3. The van der Waals surface area contributed by atoms with Crippen molar-refractivity contribution in [3.63, 3.8) is 0 Å². The Morgan fingerprint density at radius 1 is 1.00 bits per heavy atom. The number of rotatable bonds is 7. The van der Waals surface area contributed by atoms with Gasteiger partial charge in [-0.1, -0.05) is 60.1 Å². The maximum absolute atomic E-state index is 12.9. The number of ether oxygens (including phenoxy) is 1. The maximum atomic E-state index is 12.9. The lowest BCUT2D eigenvalue weighted by Crippen LogP contribution is -2.12. The molecular weight excluding hydrogens is 436 g/mol. The molecule has 0 amide bonds.